The molecule has 0 aromatic heterocycles. The van der Waals surface area contributed by atoms with Gasteiger partial charge in [-0.2, -0.15) is 18.4 Å². The molecule has 1 fully saturated rings. The Morgan fingerprint density at radius 2 is 2.05 bits per heavy atom. The Morgan fingerprint density at radius 1 is 1.37 bits per heavy atom. The molecular formula is C13H13F3N2O. The molecule has 0 spiro atoms. The third kappa shape index (κ3) is 2.99. The van der Waals surface area contributed by atoms with Crippen LogP contribution in [0.4, 0.5) is 13.2 Å². The number of alkyl halides is 3. The quantitative estimate of drug-likeness (QED) is 0.918. The number of rotatable bonds is 3. The van der Waals surface area contributed by atoms with E-state index < -0.39 is 17.3 Å². The molecule has 6 heteroatoms. The number of nitrogens with two attached hydrogens (primary N) is 1. The van der Waals surface area contributed by atoms with Crippen LogP contribution in [0.3, 0.4) is 0 Å². The molecule has 0 aliphatic heterocycles. The molecule has 0 amide bonds. The lowest BCUT2D eigenvalue weighted by molar-refractivity contribution is -0.138. The molecule has 19 heavy (non-hydrogen) atoms. The summed E-state index contributed by atoms with van der Waals surface area (Å²) < 4.78 is 43.7. The zero-order valence-corrected chi connectivity index (χ0v) is 10.1. The predicted molar refractivity (Wildman–Crippen MR) is 62.4 cm³/mol. The molecule has 0 radical (unpaired) electrons. The van der Waals surface area contributed by atoms with Crippen molar-refractivity contribution in [3.05, 3.63) is 29.3 Å². The Morgan fingerprint density at radius 3 is 2.58 bits per heavy atom. The largest absolute Gasteiger partial charge is 0.490 e. The number of nitriles is 1. The average Bonchev–Trinajstić information content (AvgIpc) is 2.32. The summed E-state index contributed by atoms with van der Waals surface area (Å²) >= 11 is 0. The van der Waals surface area contributed by atoms with Crippen LogP contribution in [0.15, 0.2) is 18.2 Å². The van der Waals surface area contributed by atoms with Crippen molar-refractivity contribution in [3.8, 4) is 11.8 Å². The molecule has 3 nitrogen and oxygen atoms in total. The molecule has 0 atom stereocenters. The minimum Gasteiger partial charge on any atom is -0.490 e. The summed E-state index contributed by atoms with van der Waals surface area (Å²) in [6.45, 7) is 0.570. The Hall–Kier alpha value is -1.74. The van der Waals surface area contributed by atoms with Gasteiger partial charge in [0.25, 0.3) is 0 Å². The van der Waals surface area contributed by atoms with Gasteiger partial charge in [0.15, 0.2) is 0 Å². The monoisotopic (exact) mass is 270 g/mol. The molecule has 1 aromatic rings. The number of halogens is 3. The Bertz CT molecular complexity index is 502. The van der Waals surface area contributed by atoms with Crippen LogP contribution in [0, 0.1) is 17.2 Å². The highest BCUT2D eigenvalue weighted by molar-refractivity contribution is 5.44. The lowest BCUT2D eigenvalue weighted by Crippen LogP contribution is -2.37. The van der Waals surface area contributed by atoms with Gasteiger partial charge in [0.1, 0.15) is 5.75 Å². The molecule has 0 heterocycles. The summed E-state index contributed by atoms with van der Waals surface area (Å²) in [5, 5.41) is 8.67. The van der Waals surface area contributed by atoms with Gasteiger partial charge in [0.05, 0.1) is 23.3 Å². The standard InChI is InChI=1S/C13H13F3N2O/c14-13(15,16)12-5-10(2-1-9(12)7-18)19-11-3-8(4-11)6-17/h1-2,5,8,11H,3-4,6,17H2. The molecule has 0 bridgehead atoms. The highest BCUT2D eigenvalue weighted by Gasteiger charge is 2.35. The molecule has 102 valence electrons. The molecule has 1 saturated carbocycles. The van der Waals surface area contributed by atoms with Gasteiger partial charge in [-0.15, -0.1) is 0 Å². The van der Waals surface area contributed by atoms with Gasteiger partial charge in [-0.25, -0.2) is 0 Å². The van der Waals surface area contributed by atoms with Crippen molar-refractivity contribution in [2.75, 3.05) is 6.54 Å². The van der Waals surface area contributed by atoms with Crippen LogP contribution in [-0.4, -0.2) is 12.6 Å². The van der Waals surface area contributed by atoms with Crippen LogP contribution in [0.1, 0.15) is 24.0 Å². The summed E-state index contributed by atoms with van der Waals surface area (Å²) in [6, 6.07) is 4.95. The van der Waals surface area contributed by atoms with E-state index >= 15 is 0 Å². The number of benzene rings is 1. The first-order valence-corrected chi connectivity index (χ1v) is 5.92. The van der Waals surface area contributed by atoms with Crippen molar-refractivity contribution in [3.63, 3.8) is 0 Å². The van der Waals surface area contributed by atoms with Crippen LogP contribution < -0.4 is 10.5 Å². The smallest absolute Gasteiger partial charge is 0.417 e. The summed E-state index contributed by atoms with van der Waals surface area (Å²) in [6.07, 6.45) is -3.11. The molecule has 2 rings (SSSR count). The molecular weight excluding hydrogens is 257 g/mol. The van der Waals surface area contributed by atoms with E-state index in [0.717, 1.165) is 25.0 Å². The summed E-state index contributed by atoms with van der Waals surface area (Å²) in [5.41, 5.74) is 4.12. The minimum atomic E-state index is -4.55. The maximum atomic E-state index is 12.7. The summed E-state index contributed by atoms with van der Waals surface area (Å²) in [5.74, 6) is 0.539. The van der Waals surface area contributed by atoms with E-state index in [1.165, 1.54) is 12.1 Å². The van der Waals surface area contributed by atoms with Gasteiger partial charge in [-0.3, -0.25) is 0 Å². The predicted octanol–water partition coefficient (Wildman–Crippen LogP) is 2.69. The fourth-order valence-electron chi connectivity index (χ4n) is 2.08. The Kier molecular flexibility index (Phi) is 3.67. The van der Waals surface area contributed by atoms with E-state index in [0.29, 0.717) is 12.5 Å². The highest BCUT2D eigenvalue weighted by atomic mass is 19.4. The number of hydrogen-bond donors (Lipinski definition) is 1. The van der Waals surface area contributed by atoms with Crippen LogP contribution in [0.2, 0.25) is 0 Å². The zero-order valence-electron chi connectivity index (χ0n) is 10.1. The average molecular weight is 270 g/mol. The SMILES string of the molecule is N#Cc1ccc(OC2CC(CN)C2)cc1C(F)(F)F. The first kappa shape index (κ1) is 13.7. The van der Waals surface area contributed by atoms with E-state index in [4.69, 9.17) is 15.7 Å². The van der Waals surface area contributed by atoms with Gasteiger partial charge < -0.3 is 10.5 Å². The van der Waals surface area contributed by atoms with Crippen molar-refractivity contribution in [1.29, 1.82) is 5.26 Å². The third-order valence-electron chi connectivity index (χ3n) is 3.25. The first-order chi connectivity index (χ1) is 8.94. The van der Waals surface area contributed by atoms with Crippen molar-refractivity contribution in [2.24, 2.45) is 11.7 Å². The van der Waals surface area contributed by atoms with Crippen molar-refractivity contribution in [2.45, 2.75) is 25.1 Å². The Balaban J connectivity index is 2.13. The van der Waals surface area contributed by atoms with Crippen LogP contribution in [0.5, 0.6) is 5.75 Å². The fourth-order valence-corrected chi connectivity index (χ4v) is 2.08. The minimum absolute atomic E-state index is 0.0810. The van der Waals surface area contributed by atoms with Gasteiger partial charge in [-0.05, 0) is 43.5 Å². The number of nitrogens with zero attached hydrogens (tertiary/aromatic N) is 1. The van der Waals surface area contributed by atoms with Crippen LogP contribution in [-0.2, 0) is 6.18 Å². The molecule has 1 aliphatic rings. The van der Waals surface area contributed by atoms with Gasteiger partial charge in [-0.1, -0.05) is 0 Å². The highest BCUT2D eigenvalue weighted by Crippen LogP contribution is 2.36. The summed E-state index contributed by atoms with van der Waals surface area (Å²) in [4.78, 5) is 0. The second-order valence-electron chi connectivity index (χ2n) is 4.63. The molecule has 1 aromatic carbocycles. The van der Waals surface area contributed by atoms with E-state index in [1.807, 2.05) is 0 Å². The summed E-state index contributed by atoms with van der Waals surface area (Å²) in [7, 11) is 0. The molecule has 1 aliphatic carbocycles. The maximum absolute atomic E-state index is 12.7. The topological polar surface area (TPSA) is 59.0 Å². The van der Waals surface area contributed by atoms with Gasteiger partial charge in [0, 0.05) is 0 Å². The van der Waals surface area contributed by atoms with Crippen molar-refractivity contribution >= 4 is 0 Å². The van der Waals surface area contributed by atoms with E-state index in [1.54, 1.807) is 0 Å². The first-order valence-electron chi connectivity index (χ1n) is 5.92. The van der Waals surface area contributed by atoms with Gasteiger partial charge >= 0.3 is 6.18 Å². The zero-order chi connectivity index (χ0) is 14.0. The third-order valence-corrected chi connectivity index (χ3v) is 3.25. The Labute approximate surface area is 108 Å². The number of ether oxygens (including phenoxy) is 1. The number of hydrogen-bond acceptors (Lipinski definition) is 3. The molecule has 0 saturated heterocycles. The van der Waals surface area contributed by atoms with E-state index in [-0.39, 0.29) is 11.9 Å². The van der Waals surface area contributed by atoms with E-state index in [2.05, 4.69) is 0 Å². The molecule has 2 N–H and O–H groups in total. The molecule has 0 unspecified atom stereocenters. The van der Waals surface area contributed by atoms with Crippen LogP contribution >= 0.6 is 0 Å². The van der Waals surface area contributed by atoms with Crippen molar-refractivity contribution in [1.82, 2.24) is 0 Å². The van der Waals surface area contributed by atoms with Crippen molar-refractivity contribution < 1.29 is 17.9 Å². The fraction of sp³-hybridized carbons (Fsp3) is 0.462. The second kappa shape index (κ2) is 5.10. The normalized spacial score (nSPS) is 22.5. The second-order valence-corrected chi connectivity index (χ2v) is 4.63. The lowest BCUT2D eigenvalue weighted by atomic mass is 9.82. The lowest BCUT2D eigenvalue weighted by Gasteiger charge is -2.34. The van der Waals surface area contributed by atoms with E-state index in [9.17, 15) is 13.2 Å². The maximum Gasteiger partial charge on any atom is 0.417 e. The van der Waals surface area contributed by atoms with Crippen LogP contribution in [0.25, 0.3) is 0 Å². The van der Waals surface area contributed by atoms with Gasteiger partial charge in [0.2, 0.25) is 0 Å².